The molecule has 1 rings (SSSR count). The Bertz CT molecular complexity index is 268. The van der Waals surface area contributed by atoms with Crippen LogP contribution in [0, 0.1) is 6.92 Å². The monoisotopic (exact) mass is 145 g/mol. The van der Waals surface area contributed by atoms with E-state index in [4.69, 9.17) is 12.2 Å². The summed E-state index contributed by atoms with van der Waals surface area (Å²) < 4.78 is 5.06. The van der Waals surface area contributed by atoms with Crippen LogP contribution >= 0.6 is 0 Å². The molecule has 2 heteroatoms. The molecular formula is C9H10BO. The van der Waals surface area contributed by atoms with Gasteiger partial charge in [-0.3, -0.25) is 0 Å². The fourth-order valence-electron chi connectivity index (χ4n) is 0.991. The predicted molar refractivity (Wildman–Crippen MR) is 48.7 cm³/mol. The van der Waals surface area contributed by atoms with Gasteiger partial charge < -0.3 is 0 Å². The van der Waals surface area contributed by atoms with Crippen LogP contribution < -0.4 is 4.74 Å². The minimum absolute atomic E-state index is 0.849. The van der Waals surface area contributed by atoms with E-state index in [1.54, 1.807) is 13.1 Å². The summed E-state index contributed by atoms with van der Waals surface area (Å²) in [5.74, 6) is 2.41. The SMILES string of the molecule is [B]=Cc1cc(C)cc(OC)c1. The maximum atomic E-state index is 5.36. The number of rotatable bonds is 2. The van der Waals surface area contributed by atoms with Gasteiger partial charge in [-0.2, -0.15) is 0 Å². The van der Waals surface area contributed by atoms with Crippen LogP contribution in [-0.4, -0.2) is 20.6 Å². The molecule has 1 aromatic rings. The molecule has 0 fully saturated rings. The molecule has 0 saturated carbocycles. The normalized spacial score (nSPS) is 9.18. The molecule has 0 aliphatic carbocycles. The molecule has 0 N–H and O–H groups in total. The Hall–Kier alpha value is -1.05. The van der Waals surface area contributed by atoms with Crippen molar-refractivity contribution in [1.82, 2.24) is 0 Å². The van der Waals surface area contributed by atoms with Crippen molar-refractivity contribution in [2.45, 2.75) is 6.92 Å². The number of benzene rings is 1. The van der Waals surface area contributed by atoms with E-state index in [-0.39, 0.29) is 0 Å². The standard InChI is InChI=1S/C9H10BO/c1-7-3-8(6-10)5-9(4-7)11-2/h3-6H,1-2H3. The summed E-state index contributed by atoms with van der Waals surface area (Å²) in [6.45, 7) is 2.01. The second-order valence-corrected chi connectivity index (χ2v) is 2.45. The van der Waals surface area contributed by atoms with Crippen LogP contribution in [-0.2, 0) is 0 Å². The van der Waals surface area contributed by atoms with Crippen LogP contribution in [0.15, 0.2) is 18.2 Å². The minimum atomic E-state index is 0.849. The van der Waals surface area contributed by atoms with Crippen LogP contribution in [0.5, 0.6) is 5.75 Å². The molecule has 0 aromatic heterocycles. The predicted octanol–water partition coefficient (Wildman–Crippen LogP) is 1.32. The number of hydrogen-bond acceptors (Lipinski definition) is 1. The first kappa shape index (κ1) is 8.06. The first-order valence-corrected chi connectivity index (χ1v) is 3.47. The molecule has 0 unspecified atom stereocenters. The van der Waals surface area contributed by atoms with Crippen molar-refractivity contribution in [3.8, 4) is 5.75 Å². The summed E-state index contributed by atoms with van der Waals surface area (Å²) >= 11 is 0. The van der Waals surface area contributed by atoms with Crippen LogP contribution in [0.25, 0.3) is 0 Å². The van der Waals surface area contributed by atoms with E-state index >= 15 is 0 Å². The van der Waals surface area contributed by atoms with Crippen molar-refractivity contribution >= 4 is 13.5 Å². The van der Waals surface area contributed by atoms with E-state index in [0.29, 0.717) is 0 Å². The molecule has 0 saturated heterocycles. The zero-order chi connectivity index (χ0) is 8.27. The van der Waals surface area contributed by atoms with Crippen molar-refractivity contribution in [3.05, 3.63) is 29.3 Å². The third-order valence-corrected chi connectivity index (χ3v) is 1.50. The van der Waals surface area contributed by atoms with Crippen molar-refractivity contribution in [1.29, 1.82) is 0 Å². The molecule has 55 valence electrons. The average molecular weight is 145 g/mol. The summed E-state index contributed by atoms with van der Waals surface area (Å²) in [6.07, 6.45) is 0. The Morgan fingerprint density at radius 3 is 2.64 bits per heavy atom. The summed E-state index contributed by atoms with van der Waals surface area (Å²) in [5.41, 5.74) is 2.14. The fourth-order valence-corrected chi connectivity index (χ4v) is 0.991. The van der Waals surface area contributed by atoms with Gasteiger partial charge in [-0.05, 0) is 0 Å². The quantitative estimate of drug-likeness (QED) is 0.570. The maximum absolute atomic E-state index is 5.36. The molecule has 1 aromatic carbocycles. The van der Waals surface area contributed by atoms with E-state index in [1.165, 1.54) is 0 Å². The number of ether oxygens (including phenoxy) is 1. The van der Waals surface area contributed by atoms with Crippen LogP contribution in [0.1, 0.15) is 11.1 Å². The molecule has 0 spiro atoms. The van der Waals surface area contributed by atoms with E-state index in [9.17, 15) is 0 Å². The zero-order valence-electron chi connectivity index (χ0n) is 6.79. The van der Waals surface area contributed by atoms with E-state index in [0.717, 1.165) is 16.9 Å². The van der Waals surface area contributed by atoms with Gasteiger partial charge in [0.05, 0.1) is 0 Å². The Balaban J connectivity index is 3.11. The van der Waals surface area contributed by atoms with Gasteiger partial charge in [0, 0.05) is 0 Å². The van der Waals surface area contributed by atoms with Crippen molar-refractivity contribution in [3.63, 3.8) is 0 Å². The third-order valence-electron chi connectivity index (χ3n) is 1.50. The number of aryl methyl sites for hydroxylation is 1. The van der Waals surface area contributed by atoms with Gasteiger partial charge in [-0.25, -0.2) is 0 Å². The molecule has 1 nitrogen and oxygen atoms in total. The Morgan fingerprint density at radius 1 is 1.36 bits per heavy atom. The molecule has 0 amide bonds. The van der Waals surface area contributed by atoms with E-state index in [1.807, 2.05) is 25.1 Å². The molecule has 0 heterocycles. The Kier molecular flexibility index (Phi) is 2.47. The van der Waals surface area contributed by atoms with Gasteiger partial charge in [0.25, 0.3) is 0 Å². The van der Waals surface area contributed by atoms with Crippen LogP contribution in [0.4, 0.5) is 0 Å². The zero-order valence-corrected chi connectivity index (χ0v) is 6.79. The molecule has 1 radical (unpaired) electrons. The number of methoxy groups -OCH3 is 1. The molecule has 0 aliphatic rings. The molecule has 0 aliphatic heterocycles. The molecule has 0 bridgehead atoms. The van der Waals surface area contributed by atoms with Gasteiger partial charge in [0.2, 0.25) is 0 Å². The van der Waals surface area contributed by atoms with Crippen molar-refractivity contribution in [2.75, 3.05) is 7.11 Å². The summed E-state index contributed by atoms with van der Waals surface area (Å²) in [4.78, 5) is 0. The van der Waals surface area contributed by atoms with Crippen LogP contribution in [0.2, 0.25) is 0 Å². The van der Waals surface area contributed by atoms with Crippen LogP contribution in [0.3, 0.4) is 0 Å². The van der Waals surface area contributed by atoms with E-state index < -0.39 is 0 Å². The Labute approximate surface area is 68.1 Å². The molecule has 11 heavy (non-hydrogen) atoms. The van der Waals surface area contributed by atoms with Crippen molar-refractivity contribution in [2.24, 2.45) is 0 Å². The second kappa shape index (κ2) is 3.38. The topological polar surface area (TPSA) is 9.23 Å². The van der Waals surface area contributed by atoms with E-state index in [2.05, 4.69) is 0 Å². The van der Waals surface area contributed by atoms with Gasteiger partial charge in [-0.1, -0.05) is 0 Å². The van der Waals surface area contributed by atoms with Gasteiger partial charge >= 0.3 is 67.3 Å². The average Bonchev–Trinajstić information content (AvgIpc) is 2.03. The fraction of sp³-hybridized carbons (Fsp3) is 0.222. The first-order valence-electron chi connectivity index (χ1n) is 3.47. The van der Waals surface area contributed by atoms with Crippen molar-refractivity contribution < 1.29 is 4.74 Å². The third kappa shape index (κ3) is 1.94. The summed E-state index contributed by atoms with van der Waals surface area (Å²) in [7, 11) is 7.01. The van der Waals surface area contributed by atoms with Gasteiger partial charge in [0.15, 0.2) is 0 Å². The Morgan fingerprint density at radius 2 is 2.09 bits per heavy atom. The molecule has 0 atom stereocenters. The van der Waals surface area contributed by atoms with Gasteiger partial charge in [0.1, 0.15) is 0 Å². The molecular weight excluding hydrogens is 135 g/mol. The number of hydrogen-bond donors (Lipinski definition) is 0. The second-order valence-electron chi connectivity index (χ2n) is 2.45. The summed E-state index contributed by atoms with van der Waals surface area (Å²) in [6, 6.07) is 5.86. The van der Waals surface area contributed by atoms with Gasteiger partial charge in [-0.15, -0.1) is 0 Å². The summed E-state index contributed by atoms with van der Waals surface area (Å²) in [5, 5.41) is 0. The first-order chi connectivity index (χ1) is 5.26.